The molecule has 0 radical (unpaired) electrons. The lowest BCUT2D eigenvalue weighted by atomic mass is 10.1. The van der Waals surface area contributed by atoms with Crippen LogP contribution in [0.3, 0.4) is 0 Å². The molecule has 0 spiro atoms. The van der Waals surface area contributed by atoms with E-state index in [1.165, 1.54) is 12.3 Å². The standard InChI is InChI=1S/C17H18FNOS/c1-13(10-14-6-4-3-5-7-14)12-19-15-8-9-17(21(2)20)16(18)11-15/h3-11,19H,12H2,1-2H3/b13-10+. The summed E-state index contributed by atoms with van der Waals surface area (Å²) in [5.74, 6) is -0.439. The summed E-state index contributed by atoms with van der Waals surface area (Å²) in [7, 11) is -1.30. The highest BCUT2D eigenvalue weighted by Crippen LogP contribution is 2.17. The molecule has 1 atom stereocenters. The predicted molar refractivity (Wildman–Crippen MR) is 87.3 cm³/mol. The highest BCUT2D eigenvalue weighted by atomic mass is 32.2. The van der Waals surface area contributed by atoms with Gasteiger partial charge in [-0.25, -0.2) is 4.39 Å². The third kappa shape index (κ3) is 4.53. The smallest absolute Gasteiger partial charge is 0.141 e. The maximum Gasteiger partial charge on any atom is 0.141 e. The lowest BCUT2D eigenvalue weighted by molar-refractivity contribution is 0.596. The van der Waals surface area contributed by atoms with Crippen molar-refractivity contribution < 1.29 is 8.60 Å². The molecular formula is C17H18FNOS. The Kier molecular flexibility index (Phi) is 5.28. The first-order chi connectivity index (χ1) is 10.1. The minimum absolute atomic E-state index is 0.233. The van der Waals surface area contributed by atoms with Crippen LogP contribution in [0.4, 0.5) is 10.1 Å². The van der Waals surface area contributed by atoms with Crippen LogP contribution in [0.15, 0.2) is 59.0 Å². The normalized spacial score (nSPS) is 13.0. The molecule has 4 heteroatoms. The molecule has 0 aromatic heterocycles. The van der Waals surface area contributed by atoms with Crippen molar-refractivity contribution in [1.82, 2.24) is 0 Å². The highest BCUT2D eigenvalue weighted by Gasteiger charge is 2.06. The topological polar surface area (TPSA) is 29.1 Å². The fraction of sp³-hybridized carbons (Fsp3) is 0.176. The van der Waals surface area contributed by atoms with Crippen molar-refractivity contribution in [3.63, 3.8) is 0 Å². The van der Waals surface area contributed by atoms with E-state index < -0.39 is 16.6 Å². The minimum Gasteiger partial charge on any atom is -0.381 e. The molecule has 2 rings (SSSR count). The second-order valence-corrected chi connectivity index (χ2v) is 6.20. The number of hydrogen-bond acceptors (Lipinski definition) is 2. The van der Waals surface area contributed by atoms with Gasteiger partial charge in [0.25, 0.3) is 0 Å². The molecule has 0 fully saturated rings. The highest BCUT2D eigenvalue weighted by molar-refractivity contribution is 7.84. The van der Waals surface area contributed by atoms with E-state index >= 15 is 0 Å². The SMILES string of the molecule is C/C(=C\c1ccccc1)CNc1ccc(S(C)=O)c(F)c1. The molecule has 0 heterocycles. The van der Waals surface area contributed by atoms with Crippen molar-refractivity contribution in [3.8, 4) is 0 Å². The van der Waals surface area contributed by atoms with Gasteiger partial charge in [-0.3, -0.25) is 4.21 Å². The lowest BCUT2D eigenvalue weighted by Gasteiger charge is -2.08. The average Bonchev–Trinajstić information content (AvgIpc) is 2.46. The summed E-state index contributed by atoms with van der Waals surface area (Å²) in [6.07, 6.45) is 3.55. The van der Waals surface area contributed by atoms with Gasteiger partial charge in [0, 0.05) is 18.5 Å². The Morgan fingerprint density at radius 2 is 1.95 bits per heavy atom. The summed E-state index contributed by atoms with van der Waals surface area (Å²) in [6, 6.07) is 14.7. The lowest BCUT2D eigenvalue weighted by Crippen LogP contribution is -2.04. The number of rotatable bonds is 5. The third-order valence-electron chi connectivity index (χ3n) is 3.03. The van der Waals surface area contributed by atoms with Gasteiger partial charge in [-0.2, -0.15) is 0 Å². The van der Waals surface area contributed by atoms with Gasteiger partial charge in [-0.15, -0.1) is 0 Å². The number of benzene rings is 2. The molecule has 110 valence electrons. The van der Waals surface area contributed by atoms with Gasteiger partial charge in [0.2, 0.25) is 0 Å². The molecule has 1 unspecified atom stereocenters. The first kappa shape index (κ1) is 15.4. The summed E-state index contributed by atoms with van der Waals surface area (Å²) in [6.45, 7) is 2.65. The van der Waals surface area contributed by atoms with E-state index in [2.05, 4.69) is 11.4 Å². The molecule has 0 bridgehead atoms. The Balaban J connectivity index is 2.01. The van der Waals surface area contributed by atoms with E-state index in [-0.39, 0.29) is 4.90 Å². The third-order valence-corrected chi connectivity index (χ3v) is 3.98. The van der Waals surface area contributed by atoms with Gasteiger partial charge in [0.05, 0.1) is 15.7 Å². The number of halogens is 1. The van der Waals surface area contributed by atoms with Crippen LogP contribution in [0.5, 0.6) is 0 Å². The number of anilines is 1. The Morgan fingerprint density at radius 1 is 1.24 bits per heavy atom. The van der Waals surface area contributed by atoms with E-state index in [1.54, 1.807) is 12.1 Å². The maximum atomic E-state index is 13.7. The van der Waals surface area contributed by atoms with Crippen LogP contribution in [0.2, 0.25) is 0 Å². The number of hydrogen-bond donors (Lipinski definition) is 1. The molecule has 2 aromatic carbocycles. The molecule has 0 amide bonds. The molecule has 1 N–H and O–H groups in total. The fourth-order valence-corrected chi connectivity index (χ4v) is 2.56. The second-order valence-electron chi connectivity index (χ2n) is 4.85. The Bertz CT molecular complexity index is 668. The molecule has 0 saturated carbocycles. The molecule has 0 aliphatic heterocycles. The van der Waals surface area contributed by atoms with Gasteiger partial charge < -0.3 is 5.32 Å². The van der Waals surface area contributed by atoms with E-state index in [1.807, 2.05) is 37.3 Å². The van der Waals surface area contributed by atoms with Gasteiger partial charge in [0.1, 0.15) is 5.82 Å². The van der Waals surface area contributed by atoms with Gasteiger partial charge in [-0.05, 0) is 30.7 Å². The zero-order valence-corrected chi connectivity index (χ0v) is 12.9. The second kappa shape index (κ2) is 7.18. The van der Waals surface area contributed by atoms with Crippen LogP contribution in [-0.4, -0.2) is 17.0 Å². The van der Waals surface area contributed by atoms with E-state index in [9.17, 15) is 8.60 Å². The van der Waals surface area contributed by atoms with Crippen LogP contribution in [0.1, 0.15) is 12.5 Å². The van der Waals surface area contributed by atoms with Crippen molar-refractivity contribution in [2.45, 2.75) is 11.8 Å². The molecule has 0 aliphatic rings. The quantitative estimate of drug-likeness (QED) is 0.902. The summed E-state index contributed by atoms with van der Waals surface area (Å²) < 4.78 is 25.0. The van der Waals surface area contributed by atoms with Gasteiger partial charge >= 0.3 is 0 Å². The monoisotopic (exact) mass is 303 g/mol. The zero-order chi connectivity index (χ0) is 15.2. The summed E-state index contributed by atoms with van der Waals surface area (Å²) in [4.78, 5) is 0.233. The Hall–Kier alpha value is -1.94. The van der Waals surface area contributed by atoms with Crippen molar-refractivity contribution in [2.75, 3.05) is 18.1 Å². The van der Waals surface area contributed by atoms with Gasteiger partial charge in [-0.1, -0.05) is 42.0 Å². The van der Waals surface area contributed by atoms with Crippen LogP contribution in [0, 0.1) is 5.82 Å². The largest absolute Gasteiger partial charge is 0.381 e. The van der Waals surface area contributed by atoms with E-state index in [0.717, 1.165) is 11.1 Å². The first-order valence-corrected chi connectivity index (χ1v) is 8.21. The van der Waals surface area contributed by atoms with E-state index in [4.69, 9.17) is 0 Å². The summed E-state index contributed by atoms with van der Waals surface area (Å²) in [5.41, 5.74) is 2.96. The summed E-state index contributed by atoms with van der Waals surface area (Å²) >= 11 is 0. The Labute approximate surface area is 127 Å². The first-order valence-electron chi connectivity index (χ1n) is 6.65. The van der Waals surface area contributed by atoms with Crippen molar-refractivity contribution in [3.05, 3.63) is 65.5 Å². The Morgan fingerprint density at radius 3 is 2.57 bits per heavy atom. The molecule has 2 nitrogen and oxygen atoms in total. The molecule has 2 aromatic rings. The minimum atomic E-state index is -1.30. The molecule has 0 saturated heterocycles. The summed E-state index contributed by atoms with van der Waals surface area (Å²) in [5, 5.41) is 3.16. The van der Waals surface area contributed by atoms with Crippen molar-refractivity contribution in [2.24, 2.45) is 0 Å². The van der Waals surface area contributed by atoms with Crippen molar-refractivity contribution >= 4 is 22.6 Å². The van der Waals surface area contributed by atoms with Crippen LogP contribution in [0.25, 0.3) is 6.08 Å². The molecule has 0 aliphatic carbocycles. The number of nitrogens with one attached hydrogen (secondary N) is 1. The van der Waals surface area contributed by atoms with Crippen LogP contribution in [-0.2, 0) is 10.8 Å². The van der Waals surface area contributed by atoms with Crippen LogP contribution >= 0.6 is 0 Å². The molecular weight excluding hydrogens is 285 g/mol. The van der Waals surface area contributed by atoms with Gasteiger partial charge in [0.15, 0.2) is 0 Å². The van der Waals surface area contributed by atoms with Crippen molar-refractivity contribution in [1.29, 1.82) is 0 Å². The zero-order valence-electron chi connectivity index (χ0n) is 12.1. The van der Waals surface area contributed by atoms with E-state index in [0.29, 0.717) is 12.2 Å². The average molecular weight is 303 g/mol. The predicted octanol–water partition coefficient (Wildman–Crippen LogP) is 4.08. The molecule has 21 heavy (non-hydrogen) atoms. The maximum absolute atomic E-state index is 13.7. The van der Waals surface area contributed by atoms with Crippen LogP contribution < -0.4 is 5.32 Å². The fourth-order valence-electron chi connectivity index (χ4n) is 1.97.